The van der Waals surface area contributed by atoms with Crippen molar-refractivity contribution in [3.63, 3.8) is 0 Å². The first-order valence-electron chi connectivity index (χ1n) is 7.52. The van der Waals surface area contributed by atoms with Gasteiger partial charge >= 0.3 is 6.03 Å². The Morgan fingerprint density at radius 3 is 2.48 bits per heavy atom. The highest BCUT2D eigenvalue weighted by Crippen LogP contribution is 2.23. The topological polar surface area (TPSA) is 52.6 Å². The lowest BCUT2D eigenvalue weighted by Crippen LogP contribution is -2.41. The van der Waals surface area contributed by atoms with Crippen LogP contribution >= 0.6 is 11.6 Å². The van der Waals surface area contributed by atoms with Gasteiger partial charge in [-0.25, -0.2) is 4.79 Å². The number of hydrogen-bond acceptors (Lipinski definition) is 2. The molecular weight excluding hydrogens is 312 g/mol. The van der Waals surface area contributed by atoms with Gasteiger partial charge in [0.25, 0.3) is 0 Å². The van der Waals surface area contributed by atoms with E-state index in [2.05, 4.69) is 5.32 Å². The van der Waals surface area contributed by atoms with E-state index >= 15 is 0 Å². The molecule has 0 bridgehead atoms. The summed E-state index contributed by atoms with van der Waals surface area (Å²) in [5.74, 6) is 0. The normalized spacial score (nSPS) is 11.8. The zero-order valence-corrected chi connectivity index (χ0v) is 13.8. The number of rotatable bonds is 6. The molecule has 1 atom stereocenters. The van der Waals surface area contributed by atoms with Crippen molar-refractivity contribution in [1.82, 2.24) is 10.2 Å². The molecule has 5 heteroatoms. The van der Waals surface area contributed by atoms with E-state index in [-0.39, 0.29) is 18.7 Å². The van der Waals surface area contributed by atoms with Crippen molar-refractivity contribution in [2.75, 3.05) is 20.2 Å². The molecule has 0 spiro atoms. The third kappa shape index (κ3) is 4.98. The van der Waals surface area contributed by atoms with Crippen LogP contribution in [-0.4, -0.2) is 36.2 Å². The molecule has 0 heterocycles. The van der Waals surface area contributed by atoms with Crippen LogP contribution < -0.4 is 5.32 Å². The fraction of sp³-hybridized carbons (Fsp3) is 0.278. The minimum absolute atomic E-state index is 0.0650. The molecule has 2 amide bonds. The number of aliphatic hydroxyl groups is 1. The van der Waals surface area contributed by atoms with Gasteiger partial charge in [0.15, 0.2) is 0 Å². The van der Waals surface area contributed by atoms with E-state index in [0.717, 1.165) is 11.1 Å². The molecule has 0 aliphatic heterocycles. The molecule has 0 fully saturated rings. The van der Waals surface area contributed by atoms with Crippen LogP contribution in [0.25, 0.3) is 0 Å². The molecule has 4 nitrogen and oxygen atoms in total. The SMILES string of the molecule is CN(CCO)C(=O)NC(Cc1ccccc1Cl)c1ccccc1. The van der Waals surface area contributed by atoms with Crippen LogP contribution in [0.4, 0.5) is 4.79 Å². The first-order valence-corrected chi connectivity index (χ1v) is 7.90. The van der Waals surface area contributed by atoms with E-state index in [0.29, 0.717) is 18.0 Å². The summed E-state index contributed by atoms with van der Waals surface area (Å²) in [4.78, 5) is 13.7. The van der Waals surface area contributed by atoms with Crippen LogP contribution in [0.3, 0.4) is 0 Å². The predicted octanol–water partition coefficient (Wildman–Crippen LogP) is 3.26. The molecule has 0 saturated heterocycles. The first kappa shape index (κ1) is 17.3. The second kappa shape index (κ2) is 8.56. The van der Waals surface area contributed by atoms with Gasteiger partial charge in [0.2, 0.25) is 0 Å². The van der Waals surface area contributed by atoms with E-state index in [9.17, 15) is 4.79 Å². The second-order valence-electron chi connectivity index (χ2n) is 5.35. The highest BCUT2D eigenvalue weighted by atomic mass is 35.5. The number of hydrogen-bond donors (Lipinski definition) is 2. The maximum atomic E-state index is 12.3. The molecule has 0 saturated carbocycles. The number of carbonyl (C=O) groups excluding carboxylic acids is 1. The van der Waals surface area contributed by atoms with Gasteiger partial charge in [0.05, 0.1) is 12.6 Å². The summed E-state index contributed by atoms with van der Waals surface area (Å²) in [5, 5.41) is 12.7. The Kier molecular flexibility index (Phi) is 6.44. The van der Waals surface area contributed by atoms with Gasteiger partial charge in [-0.2, -0.15) is 0 Å². The predicted molar refractivity (Wildman–Crippen MR) is 92.6 cm³/mol. The van der Waals surface area contributed by atoms with Crippen LogP contribution in [0.15, 0.2) is 54.6 Å². The van der Waals surface area contributed by atoms with Crippen LogP contribution in [0.5, 0.6) is 0 Å². The van der Waals surface area contributed by atoms with E-state index in [1.54, 1.807) is 7.05 Å². The molecule has 2 rings (SSSR count). The number of likely N-dealkylation sites (N-methyl/N-ethyl adjacent to an activating group) is 1. The smallest absolute Gasteiger partial charge is 0.317 e. The standard InChI is InChI=1S/C18H21ClN2O2/c1-21(11-12-22)18(23)20-17(14-7-3-2-4-8-14)13-15-9-5-6-10-16(15)19/h2-10,17,22H,11-13H2,1H3,(H,20,23). The summed E-state index contributed by atoms with van der Waals surface area (Å²) >= 11 is 6.25. The van der Waals surface area contributed by atoms with Crippen LogP contribution in [-0.2, 0) is 6.42 Å². The molecule has 0 aliphatic carbocycles. The molecular formula is C18H21ClN2O2. The average Bonchev–Trinajstić information content (AvgIpc) is 2.57. The highest BCUT2D eigenvalue weighted by molar-refractivity contribution is 6.31. The number of nitrogens with one attached hydrogen (secondary N) is 1. The lowest BCUT2D eigenvalue weighted by Gasteiger charge is -2.24. The summed E-state index contributed by atoms with van der Waals surface area (Å²) < 4.78 is 0. The summed E-state index contributed by atoms with van der Waals surface area (Å²) in [6.07, 6.45) is 0.600. The van der Waals surface area contributed by atoms with Crippen LogP contribution in [0.1, 0.15) is 17.2 Å². The summed E-state index contributed by atoms with van der Waals surface area (Å²) in [6.45, 7) is 0.226. The minimum Gasteiger partial charge on any atom is -0.395 e. The van der Waals surface area contributed by atoms with Gasteiger partial charge in [0, 0.05) is 18.6 Å². The molecule has 2 aromatic carbocycles. The zero-order valence-electron chi connectivity index (χ0n) is 13.1. The Morgan fingerprint density at radius 2 is 1.83 bits per heavy atom. The van der Waals surface area contributed by atoms with Crippen molar-refractivity contribution in [2.45, 2.75) is 12.5 Å². The third-order valence-corrected chi connectivity index (χ3v) is 4.03. The zero-order chi connectivity index (χ0) is 16.7. The molecule has 1 unspecified atom stereocenters. The van der Waals surface area contributed by atoms with E-state index in [1.807, 2.05) is 54.6 Å². The molecule has 0 aliphatic rings. The van der Waals surface area contributed by atoms with Crippen molar-refractivity contribution < 1.29 is 9.90 Å². The van der Waals surface area contributed by atoms with E-state index in [1.165, 1.54) is 4.90 Å². The molecule has 2 N–H and O–H groups in total. The number of nitrogens with zero attached hydrogens (tertiary/aromatic N) is 1. The molecule has 2 aromatic rings. The van der Waals surface area contributed by atoms with Crippen molar-refractivity contribution in [1.29, 1.82) is 0 Å². The van der Waals surface area contributed by atoms with Crippen molar-refractivity contribution in [2.24, 2.45) is 0 Å². The van der Waals surface area contributed by atoms with Gasteiger partial charge in [-0.1, -0.05) is 60.1 Å². The quantitative estimate of drug-likeness (QED) is 0.853. The number of benzene rings is 2. The lowest BCUT2D eigenvalue weighted by atomic mass is 9.99. The van der Waals surface area contributed by atoms with Crippen molar-refractivity contribution in [3.05, 3.63) is 70.7 Å². The van der Waals surface area contributed by atoms with Crippen LogP contribution in [0, 0.1) is 0 Å². The maximum Gasteiger partial charge on any atom is 0.317 e. The lowest BCUT2D eigenvalue weighted by molar-refractivity contribution is 0.187. The number of halogens is 1. The van der Waals surface area contributed by atoms with Crippen molar-refractivity contribution >= 4 is 17.6 Å². The van der Waals surface area contributed by atoms with E-state index in [4.69, 9.17) is 16.7 Å². The van der Waals surface area contributed by atoms with Gasteiger partial charge < -0.3 is 15.3 Å². The number of amides is 2. The molecule has 23 heavy (non-hydrogen) atoms. The van der Waals surface area contributed by atoms with Gasteiger partial charge in [-0.15, -0.1) is 0 Å². The molecule has 122 valence electrons. The number of urea groups is 1. The van der Waals surface area contributed by atoms with Crippen LogP contribution in [0.2, 0.25) is 5.02 Å². The fourth-order valence-corrected chi connectivity index (χ4v) is 2.55. The summed E-state index contributed by atoms with van der Waals surface area (Å²) in [5.41, 5.74) is 1.99. The van der Waals surface area contributed by atoms with Crippen molar-refractivity contribution in [3.8, 4) is 0 Å². The van der Waals surface area contributed by atoms with Gasteiger partial charge in [-0.3, -0.25) is 0 Å². The fourth-order valence-electron chi connectivity index (χ4n) is 2.33. The Morgan fingerprint density at radius 1 is 1.17 bits per heavy atom. The number of carbonyl (C=O) groups is 1. The summed E-state index contributed by atoms with van der Waals surface area (Å²) in [7, 11) is 1.66. The largest absolute Gasteiger partial charge is 0.395 e. The second-order valence-corrected chi connectivity index (χ2v) is 5.76. The monoisotopic (exact) mass is 332 g/mol. The summed E-state index contributed by atoms with van der Waals surface area (Å²) in [6, 6.07) is 17.0. The Balaban J connectivity index is 2.19. The third-order valence-electron chi connectivity index (χ3n) is 3.66. The maximum absolute atomic E-state index is 12.3. The highest BCUT2D eigenvalue weighted by Gasteiger charge is 2.18. The van der Waals surface area contributed by atoms with Gasteiger partial charge in [-0.05, 0) is 23.6 Å². The van der Waals surface area contributed by atoms with E-state index < -0.39 is 0 Å². The first-order chi connectivity index (χ1) is 11.1. The Labute approximate surface area is 141 Å². The molecule has 0 aromatic heterocycles. The average molecular weight is 333 g/mol. The Bertz CT molecular complexity index is 634. The number of aliphatic hydroxyl groups excluding tert-OH is 1. The molecule has 0 radical (unpaired) electrons. The van der Waals surface area contributed by atoms with Gasteiger partial charge in [0.1, 0.15) is 0 Å². The Hall–Kier alpha value is -2.04. The minimum atomic E-state index is -0.222.